The highest BCUT2D eigenvalue weighted by molar-refractivity contribution is 7.52. The number of hydrogen-bond donors (Lipinski definition) is 2. The van der Waals surface area contributed by atoms with Gasteiger partial charge in [0.1, 0.15) is 6.35 Å². The lowest BCUT2D eigenvalue weighted by molar-refractivity contribution is 0.00230. The van der Waals surface area contributed by atoms with Crippen molar-refractivity contribution in [3.05, 3.63) is 6.33 Å². The molecule has 158 valence electrons. The van der Waals surface area contributed by atoms with Crippen LogP contribution in [-0.2, 0) is 29.8 Å². The molecule has 2 atom stereocenters. The summed E-state index contributed by atoms with van der Waals surface area (Å²) in [7, 11) is 0.620. The molecule has 2 aromatic rings. The zero-order valence-corrected chi connectivity index (χ0v) is 17.0. The lowest BCUT2D eigenvalue weighted by atomic mass is 10.3. The molecular formula is C15H26N5O7P. The lowest BCUT2D eigenvalue weighted by Crippen LogP contribution is -2.26. The van der Waals surface area contributed by atoms with Crippen molar-refractivity contribution in [1.29, 1.82) is 0 Å². The fraction of sp³-hybridized carbons (Fsp3) is 0.667. The highest BCUT2D eigenvalue weighted by Crippen LogP contribution is 2.42. The fourth-order valence-corrected chi connectivity index (χ4v) is 3.30. The summed E-state index contributed by atoms with van der Waals surface area (Å²) in [5, 5.41) is 0. The van der Waals surface area contributed by atoms with Crippen LogP contribution >= 0.6 is 7.60 Å². The van der Waals surface area contributed by atoms with E-state index in [1.807, 2.05) is 0 Å². The highest BCUT2D eigenvalue weighted by atomic mass is 31.2. The topological polar surface area (TPSA) is 153 Å². The van der Waals surface area contributed by atoms with Crippen LogP contribution in [0.25, 0.3) is 11.2 Å². The van der Waals surface area contributed by atoms with E-state index in [1.165, 1.54) is 20.5 Å². The first kappa shape index (κ1) is 22.5. The normalized spacial score (nSPS) is 14.9. The molecule has 0 aliphatic heterocycles. The van der Waals surface area contributed by atoms with E-state index in [-0.39, 0.29) is 31.6 Å². The molecule has 0 aliphatic rings. The van der Waals surface area contributed by atoms with Crippen molar-refractivity contribution in [2.24, 2.45) is 0 Å². The van der Waals surface area contributed by atoms with E-state index >= 15 is 0 Å². The van der Waals surface area contributed by atoms with E-state index in [9.17, 15) is 9.46 Å². The van der Waals surface area contributed by atoms with Gasteiger partial charge in [-0.3, -0.25) is 4.57 Å². The summed E-state index contributed by atoms with van der Waals surface area (Å²) in [6, 6.07) is 0. The van der Waals surface area contributed by atoms with Crippen molar-refractivity contribution in [3.8, 4) is 5.88 Å². The van der Waals surface area contributed by atoms with Crippen molar-refractivity contribution < 1.29 is 32.9 Å². The van der Waals surface area contributed by atoms with Gasteiger partial charge in [-0.1, -0.05) is 0 Å². The molecule has 0 saturated heterocycles. The van der Waals surface area contributed by atoms with Crippen molar-refractivity contribution in [3.63, 3.8) is 0 Å². The van der Waals surface area contributed by atoms with Crippen LogP contribution in [0.5, 0.6) is 5.88 Å². The second-order valence-corrected chi connectivity index (χ2v) is 7.64. The first-order valence-corrected chi connectivity index (χ1v) is 10.2. The van der Waals surface area contributed by atoms with Crippen molar-refractivity contribution >= 4 is 24.7 Å². The molecule has 1 unspecified atom stereocenters. The summed E-state index contributed by atoms with van der Waals surface area (Å²) in [5.74, 6) is 0.300. The van der Waals surface area contributed by atoms with Crippen LogP contribution in [0.1, 0.15) is 6.42 Å². The number of imidazole rings is 1. The van der Waals surface area contributed by atoms with Gasteiger partial charge < -0.3 is 38.7 Å². The molecule has 2 heterocycles. The van der Waals surface area contributed by atoms with E-state index in [4.69, 9.17) is 29.2 Å². The molecule has 0 fully saturated rings. The Morgan fingerprint density at radius 3 is 2.71 bits per heavy atom. The van der Waals surface area contributed by atoms with Crippen molar-refractivity contribution in [2.45, 2.75) is 19.1 Å². The Labute approximate surface area is 162 Å². The first-order chi connectivity index (χ1) is 13.4. The summed E-state index contributed by atoms with van der Waals surface area (Å²) >= 11 is 0. The average Bonchev–Trinajstić information content (AvgIpc) is 3.05. The highest BCUT2D eigenvalue weighted by Gasteiger charge is 2.23. The predicted octanol–water partition coefficient (Wildman–Crippen LogP) is 0.645. The average molecular weight is 419 g/mol. The minimum Gasteiger partial charge on any atom is -0.479 e. The molecule has 0 saturated carbocycles. The van der Waals surface area contributed by atoms with Crippen LogP contribution < -0.4 is 10.5 Å². The third kappa shape index (κ3) is 6.36. The molecule has 3 N–H and O–H groups in total. The second-order valence-electron chi connectivity index (χ2n) is 5.85. The third-order valence-electron chi connectivity index (χ3n) is 3.65. The molecule has 0 amide bonds. The van der Waals surface area contributed by atoms with Crippen molar-refractivity contribution in [1.82, 2.24) is 19.5 Å². The van der Waals surface area contributed by atoms with Gasteiger partial charge in [0.2, 0.25) is 11.8 Å². The number of anilines is 1. The summed E-state index contributed by atoms with van der Waals surface area (Å²) in [5.41, 5.74) is 6.61. The zero-order chi connectivity index (χ0) is 20.6. The number of nitrogens with two attached hydrogens (primary N) is 1. The number of fused-ring (bicyclic) bond motifs is 1. The molecule has 0 radical (unpaired) electrons. The third-order valence-corrected chi connectivity index (χ3v) is 4.72. The van der Waals surface area contributed by atoms with Crippen LogP contribution in [0.3, 0.4) is 0 Å². The number of nitrogens with zero attached hydrogens (tertiary/aromatic N) is 4. The van der Waals surface area contributed by atoms with E-state index in [0.717, 1.165) is 0 Å². The Balaban J connectivity index is 2.04. The quantitative estimate of drug-likeness (QED) is 0.347. The first-order valence-electron chi connectivity index (χ1n) is 8.48. The van der Waals surface area contributed by atoms with Crippen LogP contribution in [0.4, 0.5) is 5.95 Å². The molecule has 13 heteroatoms. The summed E-state index contributed by atoms with van der Waals surface area (Å²) in [6.07, 6.45) is 1.02. The van der Waals surface area contributed by atoms with Crippen LogP contribution in [0.15, 0.2) is 6.33 Å². The molecule has 0 bridgehead atoms. The smallest absolute Gasteiger partial charge is 0.353 e. The zero-order valence-electron chi connectivity index (χ0n) is 16.1. The van der Waals surface area contributed by atoms with E-state index in [1.54, 1.807) is 11.7 Å². The molecule has 0 spiro atoms. The van der Waals surface area contributed by atoms with Gasteiger partial charge in [0.25, 0.3) is 0 Å². The second kappa shape index (κ2) is 10.6. The van der Waals surface area contributed by atoms with Crippen LogP contribution in [-0.4, -0.2) is 78.0 Å². The Morgan fingerprint density at radius 2 is 2.04 bits per heavy atom. The predicted molar refractivity (Wildman–Crippen MR) is 100 cm³/mol. The standard InChI is InChI=1S/C15H26N5O7P/c1-23-5-4-6-27-28(21,22)10-26-11(8-24-2)7-20-9-17-12-13(20)18-15(16)19-14(12)25-3/h9,11H,4-8,10H2,1-3H3,(H,21,22)(H2,16,18,19)/t11-/m0/s1. The Bertz CT molecular complexity index is 802. The maximum atomic E-state index is 12.1. The lowest BCUT2D eigenvalue weighted by Gasteiger charge is -2.20. The van der Waals surface area contributed by atoms with E-state index in [0.29, 0.717) is 24.2 Å². The van der Waals surface area contributed by atoms with Crippen LogP contribution in [0.2, 0.25) is 0 Å². The van der Waals surface area contributed by atoms with E-state index < -0.39 is 20.0 Å². The molecule has 0 aromatic carbocycles. The van der Waals surface area contributed by atoms with Crippen LogP contribution in [0, 0.1) is 0 Å². The van der Waals surface area contributed by atoms with Gasteiger partial charge in [0.15, 0.2) is 11.2 Å². The molecule has 0 aliphatic carbocycles. The van der Waals surface area contributed by atoms with Gasteiger partial charge in [0.05, 0.1) is 39.3 Å². The Kier molecular flexibility index (Phi) is 8.55. The molecule has 28 heavy (non-hydrogen) atoms. The molecule has 12 nitrogen and oxygen atoms in total. The van der Waals surface area contributed by atoms with Gasteiger partial charge >= 0.3 is 7.60 Å². The van der Waals surface area contributed by atoms with Gasteiger partial charge in [-0.05, 0) is 6.42 Å². The molecular weight excluding hydrogens is 393 g/mol. The number of nitrogen functional groups attached to an aromatic ring is 1. The van der Waals surface area contributed by atoms with Crippen molar-refractivity contribution in [2.75, 3.05) is 53.2 Å². The summed E-state index contributed by atoms with van der Waals surface area (Å²) < 4.78 is 39.5. The maximum absolute atomic E-state index is 12.1. The summed E-state index contributed by atoms with van der Waals surface area (Å²) in [4.78, 5) is 22.3. The van der Waals surface area contributed by atoms with Gasteiger partial charge in [-0.2, -0.15) is 9.97 Å². The molecule has 2 aromatic heterocycles. The number of rotatable bonds is 13. The van der Waals surface area contributed by atoms with Gasteiger partial charge in [-0.15, -0.1) is 0 Å². The minimum atomic E-state index is -3.89. The fourth-order valence-electron chi connectivity index (χ4n) is 2.42. The minimum absolute atomic E-state index is 0.0413. The maximum Gasteiger partial charge on any atom is 0.353 e. The van der Waals surface area contributed by atoms with Gasteiger partial charge in [0, 0.05) is 20.8 Å². The largest absolute Gasteiger partial charge is 0.479 e. The Morgan fingerprint density at radius 1 is 1.25 bits per heavy atom. The number of hydrogen-bond acceptors (Lipinski definition) is 10. The van der Waals surface area contributed by atoms with E-state index in [2.05, 4.69) is 15.0 Å². The van der Waals surface area contributed by atoms with Gasteiger partial charge in [-0.25, -0.2) is 4.98 Å². The molecule has 2 rings (SSSR count). The SMILES string of the molecule is COCCCOP(=O)(O)CO[C@H](COC)Cn1cnc2c(OC)nc(N)nc21. The number of methoxy groups -OCH3 is 3. The Hall–Kier alpha value is -1.82. The number of ether oxygens (including phenoxy) is 4. The summed E-state index contributed by atoms with van der Waals surface area (Å²) in [6.45, 7) is 0.978. The monoisotopic (exact) mass is 419 g/mol. The number of aromatic nitrogens is 4.